The van der Waals surface area contributed by atoms with E-state index < -0.39 is 30.2 Å². The average Bonchev–Trinajstić information content (AvgIpc) is 2.79. The van der Waals surface area contributed by atoms with Crippen LogP contribution in [0.3, 0.4) is 0 Å². The molecule has 0 radical (unpaired) electrons. The lowest BCUT2D eigenvalue weighted by molar-refractivity contribution is -0.144. The lowest BCUT2D eigenvalue weighted by Gasteiger charge is -2.43. The highest BCUT2D eigenvalue weighted by Gasteiger charge is 2.48. The largest absolute Gasteiger partial charge is 0.497 e. The number of carbonyl (C=O) groups excluding carboxylic acids is 4. The third kappa shape index (κ3) is 5.26. The highest BCUT2D eigenvalue weighted by molar-refractivity contribution is 6.00. The van der Waals surface area contributed by atoms with Crippen LogP contribution in [0.2, 0.25) is 0 Å². The maximum Gasteiger partial charge on any atom is 0.229 e. The Bertz CT molecular complexity index is 1090. The molecule has 0 aliphatic carbocycles. The molecule has 2 fully saturated rings. The van der Waals surface area contributed by atoms with Gasteiger partial charge in [-0.2, -0.15) is 0 Å². The Kier molecular flexibility index (Phi) is 6.64. The van der Waals surface area contributed by atoms with Gasteiger partial charge in [0.05, 0.1) is 25.1 Å². The summed E-state index contributed by atoms with van der Waals surface area (Å²) in [5.74, 6) is -2.26. The highest BCUT2D eigenvalue weighted by atomic mass is 16.5. The molecule has 2 aliphatic rings. The van der Waals surface area contributed by atoms with Crippen LogP contribution < -0.4 is 36.6 Å². The fourth-order valence-electron chi connectivity index (χ4n) is 4.08. The number of benzene rings is 2. The Balaban J connectivity index is 1.42. The van der Waals surface area contributed by atoms with E-state index in [1.807, 2.05) is 0 Å². The summed E-state index contributed by atoms with van der Waals surface area (Å²) >= 11 is 0. The summed E-state index contributed by atoms with van der Waals surface area (Å²) in [4.78, 5) is 49.5. The van der Waals surface area contributed by atoms with Crippen molar-refractivity contribution in [1.29, 1.82) is 0 Å². The van der Waals surface area contributed by atoms with Crippen molar-refractivity contribution in [2.45, 2.75) is 25.8 Å². The Morgan fingerprint density at radius 2 is 1.53 bits per heavy atom. The van der Waals surface area contributed by atoms with Crippen LogP contribution in [0.5, 0.6) is 5.75 Å². The molecule has 2 aromatic rings. The molecule has 11 heteroatoms. The van der Waals surface area contributed by atoms with Crippen LogP contribution in [0, 0.1) is 11.8 Å². The second-order valence-corrected chi connectivity index (χ2v) is 8.11. The number of amides is 4. The van der Waals surface area contributed by atoms with Gasteiger partial charge >= 0.3 is 0 Å². The summed E-state index contributed by atoms with van der Waals surface area (Å²) in [7, 11) is 1.57. The van der Waals surface area contributed by atoms with Crippen molar-refractivity contribution in [2.24, 2.45) is 11.8 Å². The minimum Gasteiger partial charge on any atom is -0.497 e. The molecular weight excluding hydrogens is 440 g/mol. The number of anilines is 3. The number of fused-ring (bicyclic) bond motifs is 1. The van der Waals surface area contributed by atoms with Gasteiger partial charge in [0.25, 0.3) is 0 Å². The first-order valence-electron chi connectivity index (χ1n) is 10.8. The number of carbonyl (C=O) groups is 4. The van der Waals surface area contributed by atoms with Gasteiger partial charge in [0, 0.05) is 30.4 Å². The average molecular weight is 466 g/mol. The first-order valence-corrected chi connectivity index (χ1v) is 10.8. The predicted molar refractivity (Wildman–Crippen MR) is 125 cm³/mol. The van der Waals surface area contributed by atoms with E-state index in [0.717, 1.165) is 5.69 Å². The van der Waals surface area contributed by atoms with Gasteiger partial charge in [-0.25, -0.2) is 0 Å². The van der Waals surface area contributed by atoms with Gasteiger partial charge in [0.15, 0.2) is 6.29 Å². The van der Waals surface area contributed by atoms with Crippen LogP contribution in [-0.4, -0.2) is 43.2 Å². The van der Waals surface area contributed by atoms with Crippen molar-refractivity contribution >= 4 is 40.7 Å². The SMILES string of the molecule is COc1ccc(NC2NC(=O)C3C(NC(=O)CC3C(=O)Nc3ccc(NC(C)=O)cc3)N2)cc1. The molecule has 34 heavy (non-hydrogen) atoms. The number of piperidine rings is 1. The normalized spacial score (nSPS) is 23.6. The van der Waals surface area contributed by atoms with Crippen LogP contribution in [0.1, 0.15) is 13.3 Å². The molecule has 2 saturated heterocycles. The zero-order valence-corrected chi connectivity index (χ0v) is 18.7. The number of ether oxygens (including phenoxy) is 1. The highest BCUT2D eigenvalue weighted by Crippen LogP contribution is 2.28. The van der Waals surface area contributed by atoms with Gasteiger partial charge < -0.3 is 31.3 Å². The Hall–Kier alpha value is -4.12. The number of rotatable bonds is 6. The minimum atomic E-state index is -0.858. The topological polar surface area (TPSA) is 150 Å². The monoisotopic (exact) mass is 466 g/mol. The van der Waals surface area contributed by atoms with Crippen LogP contribution in [0.25, 0.3) is 0 Å². The molecule has 11 nitrogen and oxygen atoms in total. The molecule has 0 bridgehead atoms. The van der Waals surface area contributed by atoms with E-state index in [4.69, 9.17) is 4.74 Å². The standard InChI is InChI=1S/C23H26N6O5/c1-12(30)24-13-3-5-14(6-4-13)25-21(32)17-11-18(31)27-20-19(17)22(33)29-23(28-20)26-15-7-9-16(34-2)10-8-15/h3-10,17,19-20,23,26,28H,11H2,1-2H3,(H,24,30)(H,25,32)(H,27,31)(H,29,33). The maximum atomic E-state index is 13.0. The van der Waals surface area contributed by atoms with E-state index in [0.29, 0.717) is 17.1 Å². The van der Waals surface area contributed by atoms with Gasteiger partial charge in [0.2, 0.25) is 23.6 Å². The van der Waals surface area contributed by atoms with E-state index in [9.17, 15) is 19.2 Å². The Morgan fingerprint density at radius 3 is 2.15 bits per heavy atom. The van der Waals surface area contributed by atoms with E-state index in [-0.39, 0.29) is 24.1 Å². The van der Waals surface area contributed by atoms with Crippen molar-refractivity contribution in [3.63, 3.8) is 0 Å². The van der Waals surface area contributed by atoms with Crippen LogP contribution in [0.4, 0.5) is 17.1 Å². The molecule has 0 saturated carbocycles. The van der Waals surface area contributed by atoms with Crippen molar-refractivity contribution in [3.05, 3.63) is 48.5 Å². The summed E-state index contributed by atoms with van der Waals surface area (Å²) in [6, 6.07) is 13.7. The molecule has 0 spiro atoms. The molecule has 178 valence electrons. The fraction of sp³-hybridized carbons (Fsp3) is 0.304. The molecule has 4 rings (SSSR count). The number of nitrogens with one attached hydrogen (secondary N) is 6. The van der Waals surface area contributed by atoms with E-state index >= 15 is 0 Å². The molecular formula is C23H26N6O5. The molecule has 4 atom stereocenters. The van der Waals surface area contributed by atoms with E-state index in [1.54, 1.807) is 55.6 Å². The maximum absolute atomic E-state index is 13.0. The minimum absolute atomic E-state index is 0.108. The Morgan fingerprint density at radius 1 is 0.912 bits per heavy atom. The van der Waals surface area contributed by atoms with Gasteiger partial charge in [-0.15, -0.1) is 0 Å². The van der Waals surface area contributed by atoms with Crippen LogP contribution >= 0.6 is 0 Å². The molecule has 4 amide bonds. The molecule has 6 N–H and O–H groups in total. The summed E-state index contributed by atoms with van der Waals surface area (Å²) < 4.78 is 5.14. The molecule has 2 aliphatic heterocycles. The first kappa shape index (κ1) is 23.1. The van der Waals surface area contributed by atoms with Crippen LogP contribution in [-0.2, 0) is 19.2 Å². The zero-order valence-electron chi connectivity index (χ0n) is 18.7. The summed E-state index contributed by atoms with van der Waals surface area (Å²) in [5.41, 5.74) is 1.81. The molecule has 2 aromatic carbocycles. The molecule has 2 heterocycles. The number of hydrogen-bond acceptors (Lipinski definition) is 7. The van der Waals surface area contributed by atoms with Crippen molar-refractivity contribution in [2.75, 3.05) is 23.1 Å². The van der Waals surface area contributed by atoms with Gasteiger partial charge in [-0.05, 0) is 48.5 Å². The van der Waals surface area contributed by atoms with Crippen molar-refractivity contribution in [3.8, 4) is 5.75 Å². The Labute approximate surface area is 196 Å². The van der Waals surface area contributed by atoms with Gasteiger partial charge in [-0.1, -0.05) is 0 Å². The summed E-state index contributed by atoms with van der Waals surface area (Å²) in [6.07, 6.45) is -1.47. The first-order chi connectivity index (χ1) is 16.3. The van der Waals surface area contributed by atoms with Gasteiger partial charge in [-0.3, -0.25) is 24.5 Å². The lowest BCUT2D eigenvalue weighted by Crippen LogP contribution is -2.72. The molecule has 4 unspecified atom stereocenters. The van der Waals surface area contributed by atoms with E-state index in [1.165, 1.54) is 6.92 Å². The number of hydrogen-bond donors (Lipinski definition) is 6. The van der Waals surface area contributed by atoms with Crippen molar-refractivity contribution in [1.82, 2.24) is 16.0 Å². The third-order valence-corrected chi connectivity index (χ3v) is 5.66. The quantitative estimate of drug-likeness (QED) is 0.368. The predicted octanol–water partition coefficient (Wildman–Crippen LogP) is 0.786. The third-order valence-electron chi connectivity index (χ3n) is 5.66. The summed E-state index contributed by atoms with van der Waals surface area (Å²) in [6.45, 7) is 1.40. The second kappa shape index (κ2) is 9.79. The fourth-order valence-corrected chi connectivity index (χ4v) is 4.08. The summed E-state index contributed by atoms with van der Waals surface area (Å²) in [5, 5.41) is 17.3. The lowest BCUT2D eigenvalue weighted by atomic mass is 9.81. The van der Waals surface area contributed by atoms with Crippen molar-refractivity contribution < 1.29 is 23.9 Å². The molecule has 0 aromatic heterocycles. The number of methoxy groups -OCH3 is 1. The van der Waals surface area contributed by atoms with Crippen LogP contribution in [0.15, 0.2) is 48.5 Å². The second-order valence-electron chi connectivity index (χ2n) is 8.11. The smallest absolute Gasteiger partial charge is 0.229 e. The van der Waals surface area contributed by atoms with E-state index in [2.05, 4.69) is 31.9 Å². The van der Waals surface area contributed by atoms with Gasteiger partial charge in [0.1, 0.15) is 5.75 Å². The zero-order chi connectivity index (χ0) is 24.2.